The molecule has 2 aromatic carbocycles. The Hall–Kier alpha value is -2.66. The van der Waals surface area contributed by atoms with Crippen LogP contribution in [0.1, 0.15) is 22.9 Å². The Balaban J connectivity index is 1.62. The van der Waals surface area contributed by atoms with Gasteiger partial charge in [0.1, 0.15) is 5.82 Å². The van der Waals surface area contributed by atoms with Gasteiger partial charge in [0, 0.05) is 37.1 Å². The third kappa shape index (κ3) is 3.22. The van der Waals surface area contributed by atoms with E-state index in [2.05, 4.69) is 26.9 Å². The maximum atomic E-state index is 14.6. The topological polar surface area (TPSA) is 20.2 Å². The van der Waals surface area contributed by atoms with Gasteiger partial charge in [-0.2, -0.15) is 0 Å². The normalized spacial score (nSPS) is 16.2. The lowest BCUT2D eigenvalue weighted by Crippen LogP contribution is -2.47. The number of benzene rings is 2. The molecule has 4 rings (SSSR count). The van der Waals surface area contributed by atoms with Crippen molar-refractivity contribution in [1.82, 2.24) is 14.8 Å². The van der Waals surface area contributed by atoms with Crippen molar-refractivity contribution in [2.75, 3.05) is 6.54 Å². The van der Waals surface area contributed by atoms with Gasteiger partial charge in [0.05, 0.1) is 6.04 Å². The summed E-state index contributed by atoms with van der Waals surface area (Å²) in [5.74, 6) is -0.206. The van der Waals surface area contributed by atoms with Gasteiger partial charge in [-0.1, -0.05) is 48.5 Å². The maximum absolute atomic E-state index is 14.6. The first-order chi connectivity index (χ1) is 12.7. The molecular weight excluding hydrogens is 345 g/mol. The lowest BCUT2D eigenvalue weighted by molar-refractivity contribution is 0.280. The molecule has 5 heteroatoms. The van der Waals surface area contributed by atoms with E-state index in [0.717, 1.165) is 24.3 Å². The van der Waals surface area contributed by atoms with E-state index in [9.17, 15) is 4.39 Å². The molecule has 0 amide bonds. The fourth-order valence-electron chi connectivity index (χ4n) is 3.50. The number of fused-ring (bicyclic) bond motifs is 1. The highest BCUT2D eigenvalue weighted by Crippen LogP contribution is 2.33. The quantitative estimate of drug-likeness (QED) is 0.706. The number of nitrogens with zero attached hydrogens (tertiary/aromatic N) is 2. The van der Waals surface area contributed by atoms with E-state index in [1.54, 1.807) is 6.07 Å². The van der Waals surface area contributed by atoms with Crippen LogP contribution in [-0.2, 0) is 13.1 Å². The summed E-state index contributed by atoms with van der Waals surface area (Å²) in [6, 6.07) is 20.9. The molecule has 26 heavy (non-hydrogen) atoms. The minimum Gasteiger partial charge on any atom is -0.358 e. The number of hydrogen-bond donors (Lipinski definition) is 1. The standard InChI is InChI=1S/C21H20FN3S/c22-18-10-5-4-9-17(18)20-19-11-6-12-24(19)13-14-25(20)21(26)23-15-16-7-2-1-3-8-16/h1-12,20H,13-15H2,(H,23,26)/t20-/m1/s1. The minimum atomic E-state index is -0.226. The van der Waals surface area contributed by atoms with Gasteiger partial charge < -0.3 is 14.8 Å². The van der Waals surface area contributed by atoms with Crippen LogP contribution in [0, 0.1) is 5.82 Å². The van der Waals surface area contributed by atoms with Crippen molar-refractivity contribution in [1.29, 1.82) is 0 Å². The number of nitrogens with one attached hydrogen (secondary N) is 1. The van der Waals surface area contributed by atoms with Gasteiger partial charge in [-0.15, -0.1) is 0 Å². The van der Waals surface area contributed by atoms with E-state index in [4.69, 9.17) is 12.2 Å². The molecule has 0 unspecified atom stereocenters. The van der Waals surface area contributed by atoms with Crippen LogP contribution in [0.4, 0.5) is 4.39 Å². The van der Waals surface area contributed by atoms with Crippen LogP contribution < -0.4 is 5.32 Å². The van der Waals surface area contributed by atoms with Crippen LogP contribution in [0.15, 0.2) is 72.9 Å². The second-order valence-electron chi connectivity index (χ2n) is 6.39. The first kappa shape index (κ1) is 16.8. The van der Waals surface area contributed by atoms with E-state index >= 15 is 0 Å². The van der Waals surface area contributed by atoms with Crippen molar-refractivity contribution >= 4 is 17.3 Å². The molecule has 132 valence electrons. The molecule has 1 aliphatic rings. The molecule has 0 fully saturated rings. The Morgan fingerprint density at radius 3 is 2.58 bits per heavy atom. The smallest absolute Gasteiger partial charge is 0.170 e. The lowest BCUT2D eigenvalue weighted by atomic mass is 10.00. The van der Waals surface area contributed by atoms with Gasteiger partial charge in [-0.05, 0) is 36.0 Å². The molecule has 0 aliphatic carbocycles. The van der Waals surface area contributed by atoms with Gasteiger partial charge >= 0.3 is 0 Å². The first-order valence-corrected chi connectivity index (χ1v) is 9.13. The fourth-order valence-corrected chi connectivity index (χ4v) is 3.77. The zero-order chi connectivity index (χ0) is 17.9. The van der Waals surface area contributed by atoms with E-state index in [-0.39, 0.29) is 11.9 Å². The highest BCUT2D eigenvalue weighted by molar-refractivity contribution is 7.80. The Kier molecular flexibility index (Phi) is 4.71. The van der Waals surface area contributed by atoms with Crippen LogP contribution in [-0.4, -0.2) is 21.1 Å². The zero-order valence-corrected chi connectivity index (χ0v) is 15.1. The van der Waals surface area contributed by atoms with Gasteiger partial charge in [0.25, 0.3) is 0 Å². The highest BCUT2D eigenvalue weighted by atomic mass is 32.1. The summed E-state index contributed by atoms with van der Waals surface area (Å²) >= 11 is 5.68. The van der Waals surface area contributed by atoms with Crippen molar-refractivity contribution in [3.05, 3.63) is 95.6 Å². The SMILES string of the molecule is Fc1ccccc1[C@@H]1c2cccn2CCN1C(=S)NCc1ccccc1. The predicted molar refractivity (Wildman–Crippen MR) is 105 cm³/mol. The van der Waals surface area contributed by atoms with Crippen LogP contribution in [0.2, 0.25) is 0 Å². The van der Waals surface area contributed by atoms with Gasteiger partial charge in [-0.25, -0.2) is 4.39 Å². The van der Waals surface area contributed by atoms with Crippen molar-refractivity contribution in [3.8, 4) is 0 Å². The average molecular weight is 365 g/mol. The predicted octanol–water partition coefficient (Wildman–Crippen LogP) is 4.11. The molecule has 1 atom stereocenters. The zero-order valence-electron chi connectivity index (χ0n) is 14.3. The molecule has 3 nitrogen and oxygen atoms in total. The van der Waals surface area contributed by atoms with Crippen LogP contribution >= 0.6 is 12.2 Å². The molecule has 0 saturated heterocycles. The Morgan fingerprint density at radius 2 is 1.77 bits per heavy atom. The summed E-state index contributed by atoms with van der Waals surface area (Å²) in [6.07, 6.45) is 2.04. The van der Waals surface area contributed by atoms with Gasteiger partial charge in [0.15, 0.2) is 5.11 Å². The van der Waals surface area contributed by atoms with E-state index in [0.29, 0.717) is 17.2 Å². The monoisotopic (exact) mass is 365 g/mol. The van der Waals surface area contributed by atoms with Gasteiger partial charge in [-0.3, -0.25) is 0 Å². The van der Waals surface area contributed by atoms with E-state index in [1.165, 1.54) is 6.07 Å². The molecule has 0 saturated carbocycles. The molecule has 1 N–H and O–H groups in total. The Morgan fingerprint density at radius 1 is 1.00 bits per heavy atom. The first-order valence-electron chi connectivity index (χ1n) is 8.72. The van der Waals surface area contributed by atoms with Crippen LogP contribution in [0.3, 0.4) is 0 Å². The molecule has 1 aliphatic heterocycles. The van der Waals surface area contributed by atoms with E-state index in [1.807, 2.05) is 48.7 Å². The minimum absolute atomic E-state index is 0.206. The van der Waals surface area contributed by atoms with Crippen molar-refractivity contribution in [2.45, 2.75) is 19.1 Å². The highest BCUT2D eigenvalue weighted by Gasteiger charge is 2.32. The largest absolute Gasteiger partial charge is 0.358 e. The second-order valence-corrected chi connectivity index (χ2v) is 6.77. The summed E-state index contributed by atoms with van der Waals surface area (Å²) in [4.78, 5) is 2.09. The Bertz CT molecular complexity index is 906. The van der Waals surface area contributed by atoms with Crippen LogP contribution in [0.5, 0.6) is 0 Å². The number of halogens is 1. The number of aromatic nitrogens is 1. The summed E-state index contributed by atoms with van der Waals surface area (Å²) in [7, 11) is 0. The third-order valence-electron chi connectivity index (χ3n) is 4.79. The maximum Gasteiger partial charge on any atom is 0.170 e. The lowest BCUT2D eigenvalue weighted by Gasteiger charge is -2.39. The summed E-state index contributed by atoms with van der Waals surface area (Å²) in [5, 5.41) is 3.98. The van der Waals surface area contributed by atoms with Crippen molar-refractivity contribution in [3.63, 3.8) is 0 Å². The summed E-state index contributed by atoms with van der Waals surface area (Å²) in [6.45, 7) is 2.23. The molecule has 0 spiro atoms. The summed E-state index contributed by atoms with van der Waals surface area (Å²) in [5.41, 5.74) is 2.87. The number of rotatable bonds is 3. The Labute approximate surface area is 158 Å². The van der Waals surface area contributed by atoms with Crippen molar-refractivity contribution in [2.24, 2.45) is 0 Å². The third-order valence-corrected chi connectivity index (χ3v) is 5.16. The molecule has 1 aromatic heterocycles. The number of hydrogen-bond acceptors (Lipinski definition) is 1. The van der Waals surface area contributed by atoms with E-state index < -0.39 is 0 Å². The molecule has 0 bridgehead atoms. The second kappa shape index (κ2) is 7.30. The molecule has 0 radical (unpaired) electrons. The molecule has 2 heterocycles. The molecular formula is C21H20FN3S. The average Bonchev–Trinajstić information content (AvgIpc) is 3.15. The fraction of sp³-hybridized carbons (Fsp3) is 0.190. The van der Waals surface area contributed by atoms with Crippen LogP contribution in [0.25, 0.3) is 0 Å². The molecule has 3 aromatic rings. The number of thiocarbonyl (C=S) groups is 1. The van der Waals surface area contributed by atoms with Gasteiger partial charge in [0.2, 0.25) is 0 Å². The van der Waals surface area contributed by atoms with Crippen molar-refractivity contribution < 1.29 is 4.39 Å². The summed E-state index contributed by atoms with van der Waals surface area (Å²) < 4.78 is 16.7.